The molecule has 0 aromatic carbocycles. The number of hydrogen-bond acceptors (Lipinski definition) is 1. The third-order valence-corrected chi connectivity index (χ3v) is 0. The molecule has 0 aliphatic rings. The van der Waals surface area contributed by atoms with E-state index < -0.39 is 0 Å². The van der Waals surface area contributed by atoms with Crippen molar-refractivity contribution in [3.8, 4) is 0 Å². The Labute approximate surface area is 76.5 Å². The van der Waals surface area contributed by atoms with Crippen molar-refractivity contribution in [2.45, 2.75) is 0 Å². The van der Waals surface area contributed by atoms with E-state index in [4.69, 9.17) is 4.57 Å². The average Bonchev–Trinajstić information content (AvgIpc) is 1.00. The molecule has 1 nitrogen and oxygen atoms in total. The quantitative estimate of drug-likeness (QED) is 0.383. The largest absolute Gasteiger partial charge is 0.279 e. The maximum absolute atomic E-state index is 8.06. The minimum atomic E-state index is 0. The summed E-state index contributed by atoms with van der Waals surface area (Å²) in [6.07, 6.45) is 0. The molecule has 0 N–H and O–H groups in total. The Kier molecular flexibility index (Phi) is 194. The average molecular weight is 182 g/mol. The van der Waals surface area contributed by atoms with E-state index in [2.05, 4.69) is 0 Å². The van der Waals surface area contributed by atoms with Crippen LogP contribution in [0.25, 0.3) is 0 Å². The van der Waals surface area contributed by atoms with Gasteiger partial charge in [0.15, 0.2) is 0 Å². The van der Waals surface area contributed by atoms with Crippen LogP contribution in [0, 0.1) is 0 Å². The van der Waals surface area contributed by atoms with Crippen LogP contribution in [0.2, 0.25) is 0 Å². The summed E-state index contributed by atoms with van der Waals surface area (Å²) in [6.45, 7) is 0. The molecule has 28 valence electrons. The van der Waals surface area contributed by atoms with E-state index in [9.17, 15) is 0 Å². The summed E-state index contributed by atoms with van der Waals surface area (Å²) in [5.74, 6) is 0. The molecule has 0 aromatic rings. The number of rotatable bonds is 0. The summed E-state index contributed by atoms with van der Waals surface area (Å²) in [7, 11) is 1.72. The van der Waals surface area contributed by atoms with Crippen molar-refractivity contribution in [3.63, 3.8) is 0 Å². The molecule has 0 atom stereocenters. The van der Waals surface area contributed by atoms with E-state index in [1.165, 1.54) is 0 Å². The summed E-state index contributed by atoms with van der Waals surface area (Å²) < 4.78 is 8.06. The van der Waals surface area contributed by atoms with Crippen molar-refractivity contribution in [1.29, 1.82) is 0 Å². The van der Waals surface area contributed by atoms with Gasteiger partial charge in [-0.1, -0.05) is 0 Å². The predicted octanol–water partition coefficient (Wildman–Crippen LogP) is 0.0889. The molecule has 0 amide bonds. The zero-order chi connectivity index (χ0) is 2.00. The van der Waals surface area contributed by atoms with E-state index in [0.717, 1.165) is 0 Å². The van der Waals surface area contributed by atoms with E-state index in [0.29, 0.717) is 0 Å². The van der Waals surface area contributed by atoms with Crippen LogP contribution in [0.15, 0.2) is 0 Å². The molecule has 0 saturated carbocycles. The molecule has 0 fully saturated rings. The monoisotopic (exact) mass is 182 g/mol. The van der Waals surface area contributed by atoms with Crippen molar-refractivity contribution in [2.24, 2.45) is 0 Å². The van der Waals surface area contributed by atoms with Crippen molar-refractivity contribution < 1.29 is 38.7 Å². The molecule has 0 aliphatic heterocycles. The van der Waals surface area contributed by atoms with Gasteiger partial charge in [0.2, 0.25) is 0 Å². The van der Waals surface area contributed by atoms with Crippen LogP contribution in [0.4, 0.5) is 0 Å². The van der Waals surface area contributed by atoms with Gasteiger partial charge in [0, 0.05) is 63.7 Å². The molecule has 0 bridgehead atoms. The summed E-state index contributed by atoms with van der Waals surface area (Å²) in [6, 6.07) is 0. The molecule has 0 unspecified atom stereocenters. The Bertz CT molecular complexity index is 11.6. The van der Waals surface area contributed by atoms with Crippen LogP contribution in [-0.4, -0.2) is 29.6 Å². The van der Waals surface area contributed by atoms with Crippen LogP contribution in [0.5, 0.6) is 0 Å². The van der Waals surface area contributed by atoms with Crippen molar-refractivity contribution in [1.82, 2.24) is 0 Å². The van der Waals surface area contributed by atoms with Gasteiger partial charge >= 0.3 is 0 Å². The van der Waals surface area contributed by atoms with Crippen LogP contribution >= 0.6 is 9.12 Å². The van der Waals surface area contributed by atoms with Crippen LogP contribution in [-0.2, 0) is 38.7 Å². The van der Waals surface area contributed by atoms with E-state index in [-0.39, 0.29) is 63.7 Å². The minimum absolute atomic E-state index is 0. The van der Waals surface area contributed by atoms with Crippen molar-refractivity contribution in [3.05, 3.63) is 0 Å². The van der Waals surface area contributed by atoms with Gasteiger partial charge in [0.05, 0.1) is 0 Å². The van der Waals surface area contributed by atoms with Gasteiger partial charge in [-0.3, -0.25) is 4.57 Å². The molecule has 0 rings (SSSR count). The van der Waals surface area contributed by atoms with E-state index in [1.54, 1.807) is 9.12 Å². The SMILES string of the molecule is O=P.[Fe].[Mn].[Na]. The zero-order valence-corrected chi connectivity index (χ0v) is 7.92. The molecular weight excluding hydrogens is 181 g/mol. The second-order valence-corrected chi connectivity index (χ2v) is 0. The standard InChI is InChI=1S/Fe.Mn.Na.HOP/c;;;1-2/h;;;2H. The summed E-state index contributed by atoms with van der Waals surface area (Å²) in [5, 5.41) is 0. The second kappa shape index (κ2) is 35.4. The summed E-state index contributed by atoms with van der Waals surface area (Å²) >= 11 is 0. The normalized spacial score (nSPS) is 0.800. The van der Waals surface area contributed by atoms with Gasteiger partial charge in [-0.25, -0.2) is 0 Å². The molecule has 0 saturated heterocycles. The van der Waals surface area contributed by atoms with Crippen LogP contribution < -0.4 is 0 Å². The Hall–Kier alpha value is 2.14. The topological polar surface area (TPSA) is 17.1 Å². The predicted molar refractivity (Wildman–Crippen MR) is 14.8 cm³/mol. The Balaban J connectivity index is -0.00000000167. The summed E-state index contributed by atoms with van der Waals surface area (Å²) in [5.41, 5.74) is 0. The van der Waals surface area contributed by atoms with Gasteiger partial charge in [0.1, 0.15) is 9.12 Å². The van der Waals surface area contributed by atoms with Crippen LogP contribution in [0.1, 0.15) is 0 Å². The van der Waals surface area contributed by atoms with Gasteiger partial charge in [0.25, 0.3) is 0 Å². The Morgan fingerprint density at radius 1 is 1.20 bits per heavy atom. The van der Waals surface area contributed by atoms with Gasteiger partial charge in [-0.15, -0.1) is 0 Å². The fourth-order valence-electron chi connectivity index (χ4n) is 0. The fraction of sp³-hybridized carbons (Fsp3) is 0. The molecule has 2 radical (unpaired) electrons. The second-order valence-electron chi connectivity index (χ2n) is 0. The third-order valence-electron chi connectivity index (χ3n) is 0. The molecule has 0 aromatic heterocycles. The minimum Gasteiger partial charge on any atom is -0.279 e. The van der Waals surface area contributed by atoms with Gasteiger partial charge < -0.3 is 0 Å². The summed E-state index contributed by atoms with van der Waals surface area (Å²) in [4.78, 5) is 0. The van der Waals surface area contributed by atoms with Crippen LogP contribution in [0.3, 0.4) is 0 Å². The molecule has 5 heavy (non-hydrogen) atoms. The first-order valence-electron chi connectivity index (χ1n) is 0.204. The molecule has 0 spiro atoms. The first-order chi connectivity index (χ1) is 1.00. The number of hydrogen-bond donors (Lipinski definition) is 0. The molecular formula is HFeMnNaOP. The smallest absolute Gasteiger partial charge is 0.138 e. The Morgan fingerprint density at radius 3 is 1.20 bits per heavy atom. The van der Waals surface area contributed by atoms with Crippen molar-refractivity contribution >= 4 is 38.7 Å². The van der Waals surface area contributed by atoms with E-state index in [1.807, 2.05) is 0 Å². The van der Waals surface area contributed by atoms with E-state index >= 15 is 0 Å². The first-order valence-corrected chi connectivity index (χ1v) is 0.612. The Morgan fingerprint density at radius 2 is 1.20 bits per heavy atom. The maximum atomic E-state index is 8.06. The zero-order valence-electron chi connectivity index (χ0n) is 2.64. The van der Waals surface area contributed by atoms with Gasteiger partial charge in [-0.2, -0.15) is 0 Å². The molecule has 5 heteroatoms. The molecule has 0 aliphatic carbocycles. The molecule has 0 heterocycles. The third kappa shape index (κ3) is 23.0. The van der Waals surface area contributed by atoms with Gasteiger partial charge in [-0.05, 0) is 0 Å². The maximum Gasteiger partial charge on any atom is 0.138 e. The van der Waals surface area contributed by atoms with Crippen molar-refractivity contribution in [2.75, 3.05) is 0 Å². The fourth-order valence-corrected chi connectivity index (χ4v) is 0. The first kappa shape index (κ1) is 27.3.